The van der Waals surface area contributed by atoms with Gasteiger partial charge >= 0.3 is 0 Å². The molecule has 3 N–H and O–H groups in total. The van der Waals surface area contributed by atoms with Crippen LogP contribution in [0.4, 0.5) is 0 Å². The van der Waals surface area contributed by atoms with Crippen LogP contribution in [0.25, 0.3) is 0 Å². The first-order chi connectivity index (χ1) is 8.37. The second-order valence-electron chi connectivity index (χ2n) is 4.62. The molecule has 100 valence electrons. The van der Waals surface area contributed by atoms with E-state index in [-0.39, 0.29) is 11.2 Å². The van der Waals surface area contributed by atoms with E-state index in [0.29, 0.717) is 6.42 Å². The van der Waals surface area contributed by atoms with Crippen molar-refractivity contribution in [3.05, 3.63) is 18.0 Å². The first kappa shape index (κ1) is 14.9. The zero-order chi connectivity index (χ0) is 13.8. The summed E-state index contributed by atoms with van der Waals surface area (Å²) >= 11 is 1.54. The summed E-state index contributed by atoms with van der Waals surface area (Å²) in [5, 5.41) is 3.89. The number of carbonyl (C=O) groups is 1. The van der Waals surface area contributed by atoms with E-state index in [4.69, 9.17) is 5.73 Å². The Kier molecular flexibility index (Phi) is 5.10. The molecule has 1 aromatic heterocycles. The van der Waals surface area contributed by atoms with Crippen LogP contribution < -0.4 is 11.1 Å². The number of hydrogen-bond acceptors (Lipinski definition) is 5. The number of aromatic nitrogens is 2. The maximum absolute atomic E-state index is 11.4. The van der Waals surface area contributed by atoms with Gasteiger partial charge in [-0.2, -0.15) is 0 Å². The fraction of sp³-hybridized carbons (Fsp3) is 0.583. The molecule has 0 aliphatic rings. The maximum Gasteiger partial charge on any atom is 0.237 e. The molecule has 0 saturated heterocycles. The fourth-order valence-corrected chi connectivity index (χ4v) is 2.57. The summed E-state index contributed by atoms with van der Waals surface area (Å²) in [6.45, 7) is 5.79. The van der Waals surface area contributed by atoms with Crippen molar-refractivity contribution >= 4 is 17.7 Å². The summed E-state index contributed by atoms with van der Waals surface area (Å²) in [4.78, 5) is 19.9. The van der Waals surface area contributed by atoms with Crippen LogP contribution in [0, 0.1) is 6.92 Å². The average Bonchev–Trinajstić information content (AvgIpc) is 2.31. The van der Waals surface area contributed by atoms with Crippen molar-refractivity contribution < 1.29 is 4.79 Å². The summed E-state index contributed by atoms with van der Waals surface area (Å²) < 4.78 is 0. The number of amides is 1. The zero-order valence-electron chi connectivity index (χ0n) is 11.2. The van der Waals surface area contributed by atoms with E-state index in [1.807, 2.05) is 20.8 Å². The first-order valence-electron chi connectivity index (χ1n) is 5.81. The molecule has 5 nitrogen and oxygen atoms in total. The third-order valence-electron chi connectivity index (χ3n) is 2.86. The Balaban J connectivity index is 2.63. The maximum atomic E-state index is 11.4. The van der Waals surface area contributed by atoms with Crippen molar-refractivity contribution in [3.63, 3.8) is 0 Å². The standard InChI is InChI=1S/C12H20N4OS/c1-8-6-15-11(16-7-8)18-9(2)5-12(3,14-4)10(13)17/h6-7,9,14H,5H2,1-4H3,(H2,13,17). The van der Waals surface area contributed by atoms with Gasteiger partial charge in [0, 0.05) is 17.6 Å². The molecule has 0 bridgehead atoms. The summed E-state index contributed by atoms with van der Waals surface area (Å²) in [6.07, 6.45) is 4.20. The first-order valence-corrected chi connectivity index (χ1v) is 6.69. The summed E-state index contributed by atoms with van der Waals surface area (Å²) in [5.74, 6) is -0.345. The zero-order valence-corrected chi connectivity index (χ0v) is 12.0. The van der Waals surface area contributed by atoms with Crippen LogP contribution in [0.2, 0.25) is 0 Å². The molecule has 0 aliphatic heterocycles. The minimum atomic E-state index is -0.697. The van der Waals surface area contributed by atoms with Crippen molar-refractivity contribution in [2.24, 2.45) is 5.73 Å². The predicted octanol–water partition coefficient (Wildman–Crippen LogP) is 1.12. The lowest BCUT2D eigenvalue weighted by Gasteiger charge is -2.28. The molecule has 0 aliphatic carbocycles. The second kappa shape index (κ2) is 6.15. The highest BCUT2D eigenvalue weighted by Crippen LogP contribution is 2.25. The number of rotatable bonds is 6. The van der Waals surface area contributed by atoms with E-state index < -0.39 is 5.54 Å². The molecular weight excluding hydrogens is 248 g/mol. The molecule has 0 radical (unpaired) electrons. The van der Waals surface area contributed by atoms with E-state index in [9.17, 15) is 4.79 Å². The van der Waals surface area contributed by atoms with Gasteiger partial charge < -0.3 is 11.1 Å². The Hall–Kier alpha value is -1.14. The largest absolute Gasteiger partial charge is 0.368 e. The molecule has 2 unspecified atom stereocenters. The van der Waals surface area contributed by atoms with Crippen LogP contribution in [0.1, 0.15) is 25.8 Å². The van der Waals surface area contributed by atoms with Crippen LogP contribution in [0.5, 0.6) is 0 Å². The minimum Gasteiger partial charge on any atom is -0.368 e. The Morgan fingerprint density at radius 3 is 2.56 bits per heavy atom. The number of nitrogens with one attached hydrogen (secondary N) is 1. The number of primary amides is 1. The predicted molar refractivity (Wildman–Crippen MR) is 73.4 cm³/mol. The molecular formula is C12H20N4OS. The lowest BCUT2D eigenvalue weighted by atomic mass is 9.95. The minimum absolute atomic E-state index is 0.192. The second-order valence-corrected chi connectivity index (χ2v) is 6.03. The topological polar surface area (TPSA) is 80.9 Å². The van der Waals surface area contributed by atoms with E-state index in [1.165, 1.54) is 0 Å². The van der Waals surface area contributed by atoms with Gasteiger partial charge in [0.1, 0.15) is 0 Å². The van der Waals surface area contributed by atoms with Gasteiger partial charge in [0.2, 0.25) is 5.91 Å². The van der Waals surface area contributed by atoms with Crippen molar-refractivity contribution in [2.75, 3.05) is 7.05 Å². The van der Waals surface area contributed by atoms with Gasteiger partial charge in [0.15, 0.2) is 5.16 Å². The van der Waals surface area contributed by atoms with Gasteiger partial charge in [-0.05, 0) is 32.9 Å². The Morgan fingerprint density at radius 1 is 1.56 bits per heavy atom. The molecule has 1 aromatic rings. The van der Waals surface area contributed by atoms with Gasteiger partial charge in [-0.15, -0.1) is 0 Å². The van der Waals surface area contributed by atoms with Crippen LogP contribution in [-0.2, 0) is 4.79 Å². The number of likely N-dealkylation sites (N-methyl/N-ethyl adjacent to an activating group) is 1. The molecule has 1 amide bonds. The normalized spacial score (nSPS) is 16.0. The molecule has 6 heteroatoms. The SMILES string of the molecule is CNC(C)(CC(C)Sc1ncc(C)cn1)C(N)=O. The van der Waals surface area contributed by atoms with Crippen LogP contribution >= 0.6 is 11.8 Å². The van der Waals surface area contributed by atoms with Gasteiger partial charge in [0.25, 0.3) is 0 Å². The summed E-state index contributed by atoms with van der Waals surface area (Å²) in [7, 11) is 1.74. The summed E-state index contributed by atoms with van der Waals surface area (Å²) in [6, 6.07) is 0. The molecule has 0 fully saturated rings. The quantitative estimate of drug-likeness (QED) is 0.597. The summed E-state index contributed by atoms with van der Waals surface area (Å²) in [5.41, 5.74) is 5.74. The lowest BCUT2D eigenvalue weighted by Crippen LogP contribution is -2.52. The van der Waals surface area contributed by atoms with Crippen molar-refractivity contribution in [1.29, 1.82) is 0 Å². The molecule has 0 aromatic carbocycles. The Labute approximate surface area is 112 Å². The van der Waals surface area contributed by atoms with Gasteiger partial charge in [-0.25, -0.2) is 9.97 Å². The highest BCUT2D eigenvalue weighted by Gasteiger charge is 2.31. The molecule has 0 spiro atoms. The number of thioether (sulfide) groups is 1. The molecule has 18 heavy (non-hydrogen) atoms. The highest BCUT2D eigenvalue weighted by molar-refractivity contribution is 7.99. The van der Waals surface area contributed by atoms with E-state index in [0.717, 1.165) is 10.7 Å². The average molecular weight is 268 g/mol. The lowest BCUT2D eigenvalue weighted by molar-refractivity contribution is -0.123. The number of carbonyl (C=O) groups excluding carboxylic acids is 1. The molecule has 1 heterocycles. The van der Waals surface area contributed by atoms with Crippen LogP contribution in [0.3, 0.4) is 0 Å². The number of hydrogen-bond donors (Lipinski definition) is 2. The highest BCUT2D eigenvalue weighted by atomic mass is 32.2. The molecule has 0 saturated carbocycles. The third-order valence-corrected chi connectivity index (χ3v) is 3.85. The fourth-order valence-electron chi connectivity index (χ4n) is 1.56. The smallest absolute Gasteiger partial charge is 0.237 e. The van der Waals surface area contributed by atoms with Gasteiger partial charge in [0.05, 0.1) is 5.54 Å². The van der Waals surface area contributed by atoms with Crippen molar-refractivity contribution in [2.45, 2.75) is 43.1 Å². The van der Waals surface area contributed by atoms with Crippen LogP contribution in [0.15, 0.2) is 17.6 Å². The third kappa shape index (κ3) is 3.96. The molecule has 2 atom stereocenters. The Bertz CT molecular complexity index is 409. The molecule has 1 rings (SSSR count). The van der Waals surface area contributed by atoms with E-state index in [1.54, 1.807) is 31.2 Å². The van der Waals surface area contributed by atoms with Crippen molar-refractivity contribution in [1.82, 2.24) is 15.3 Å². The van der Waals surface area contributed by atoms with Gasteiger partial charge in [-0.3, -0.25) is 4.79 Å². The van der Waals surface area contributed by atoms with E-state index in [2.05, 4.69) is 15.3 Å². The van der Waals surface area contributed by atoms with E-state index >= 15 is 0 Å². The van der Waals surface area contributed by atoms with Gasteiger partial charge in [-0.1, -0.05) is 18.7 Å². The number of aryl methyl sites for hydroxylation is 1. The number of nitrogens with two attached hydrogens (primary N) is 1. The van der Waals surface area contributed by atoms with Crippen molar-refractivity contribution in [3.8, 4) is 0 Å². The Morgan fingerprint density at radius 2 is 2.11 bits per heavy atom. The monoisotopic (exact) mass is 268 g/mol. The van der Waals surface area contributed by atoms with Crippen LogP contribution in [-0.4, -0.2) is 33.7 Å². The number of nitrogens with zero attached hydrogens (tertiary/aromatic N) is 2.